The molecular weight excluding hydrogens is 390 g/mol. The summed E-state index contributed by atoms with van der Waals surface area (Å²) in [6, 6.07) is 25.1. The number of nitrogens with one attached hydrogen (secondary N) is 1. The molecule has 0 radical (unpaired) electrons. The van der Waals surface area contributed by atoms with Gasteiger partial charge in [-0.1, -0.05) is 53.2 Å². The van der Waals surface area contributed by atoms with Gasteiger partial charge in [-0.2, -0.15) is 0 Å². The van der Waals surface area contributed by atoms with Gasteiger partial charge in [0.2, 0.25) is 5.91 Å². The van der Waals surface area contributed by atoms with Gasteiger partial charge >= 0.3 is 0 Å². The van der Waals surface area contributed by atoms with Crippen LogP contribution < -0.4 is 10.1 Å². The molecule has 3 rings (SSSR count). The fourth-order valence-corrected chi connectivity index (χ4v) is 2.90. The minimum atomic E-state index is 0.00271. The van der Waals surface area contributed by atoms with Crippen LogP contribution in [0, 0.1) is 0 Å². The van der Waals surface area contributed by atoms with Gasteiger partial charge in [0.15, 0.2) is 0 Å². The molecule has 0 bridgehead atoms. The van der Waals surface area contributed by atoms with Crippen molar-refractivity contribution in [2.45, 2.75) is 19.3 Å². The lowest BCUT2D eigenvalue weighted by Gasteiger charge is -2.12. The highest BCUT2D eigenvalue weighted by molar-refractivity contribution is 9.10. The maximum Gasteiger partial charge on any atom is 0.224 e. The Kier molecular flexibility index (Phi) is 6.08. The van der Waals surface area contributed by atoms with E-state index in [-0.39, 0.29) is 11.8 Å². The van der Waals surface area contributed by atoms with Crippen molar-refractivity contribution in [2.75, 3.05) is 5.32 Å². The van der Waals surface area contributed by atoms with Gasteiger partial charge in [-0.25, -0.2) is 0 Å². The molecule has 0 aliphatic rings. The summed E-state index contributed by atoms with van der Waals surface area (Å²) < 4.78 is 6.79. The molecule has 0 unspecified atom stereocenters. The van der Waals surface area contributed by atoms with Crippen molar-refractivity contribution in [3.63, 3.8) is 0 Å². The van der Waals surface area contributed by atoms with E-state index in [1.807, 2.05) is 78.9 Å². The number of benzene rings is 3. The van der Waals surface area contributed by atoms with E-state index >= 15 is 0 Å². The molecule has 0 aromatic heterocycles. The van der Waals surface area contributed by atoms with E-state index in [4.69, 9.17) is 4.74 Å². The number of anilines is 1. The van der Waals surface area contributed by atoms with E-state index in [0.29, 0.717) is 6.42 Å². The van der Waals surface area contributed by atoms with Gasteiger partial charge in [-0.05, 0) is 60.0 Å². The first-order valence-corrected chi connectivity index (χ1v) is 9.28. The predicted molar refractivity (Wildman–Crippen MR) is 109 cm³/mol. The van der Waals surface area contributed by atoms with Gasteiger partial charge in [0, 0.05) is 16.6 Å². The highest BCUT2D eigenvalue weighted by Crippen LogP contribution is 2.25. The Balaban J connectivity index is 1.55. The van der Waals surface area contributed by atoms with E-state index in [0.717, 1.165) is 21.7 Å². The van der Waals surface area contributed by atoms with Crippen LogP contribution in [0.15, 0.2) is 83.3 Å². The monoisotopic (exact) mass is 409 g/mol. The number of rotatable bonds is 6. The van der Waals surface area contributed by atoms with Crippen LogP contribution in [0.25, 0.3) is 0 Å². The lowest BCUT2D eigenvalue weighted by atomic mass is 9.97. The summed E-state index contributed by atoms with van der Waals surface area (Å²) in [7, 11) is 0. The molecule has 0 spiro atoms. The summed E-state index contributed by atoms with van der Waals surface area (Å²) >= 11 is 3.40. The van der Waals surface area contributed by atoms with Gasteiger partial charge in [-0.15, -0.1) is 0 Å². The van der Waals surface area contributed by atoms with E-state index in [1.54, 1.807) is 0 Å². The topological polar surface area (TPSA) is 38.3 Å². The van der Waals surface area contributed by atoms with Gasteiger partial charge < -0.3 is 10.1 Å². The molecule has 1 atom stereocenters. The molecule has 26 heavy (non-hydrogen) atoms. The van der Waals surface area contributed by atoms with Crippen molar-refractivity contribution in [3.8, 4) is 11.5 Å². The first kappa shape index (κ1) is 18.2. The number of hydrogen-bond acceptors (Lipinski definition) is 2. The Hall–Kier alpha value is -2.59. The van der Waals surface area contributed by atoms with Gasteiger partial charge in [-0.3, -0.25) is 4.79 Å². The highest BCUT2D eigenvalue weighted by Gasteiger charge is 2.11. The Bertz CT molecular complexity index is 846. The summed E-state index contributed by atoms with van der Waals surface area (Å²) in [6.45, 7) is 2.06. The molecule has 3 aromatic carbocycles. The van der Waals surface area contributed by atoms with Crippen LogP contribution in [0.5, 0.6) is 11.5 Å². The van der Waals surface area contributed by atoms with Crippen LogP contribution in [0.3, 0.4) is 0 Å². The third kappa shape index (κ3) is 5.20. The van der Waals surface area contributed by atoms with E-state index in [2.05, 4.69) is 28.2 Å². The molecule has 0 aliphatic heterocycles. The number of carbonyl (C=O) groups excluding carboxylic acids is 1. The second-order valence-electron chi connectivity index (χ2n) is 6.14. The zero-order valence-corrected chi connectivity index (χ0v) is 16.1. The Morgan fingerprint density at radius 3 is 2.12 bits per heavy atom. The molecule has 0 heterocycles. The number of halogens is 1. The molecule has 3 nitrogen and oxygen atoms in total. The molecule has 132 valence electrons. The maximum absolute atomic E-state index is 12.3. The molecule has 0 fully saturated rings. The van der Waals surface area contributed by atoms with Crippen molar-refractivity contribution in [1.29, 1.82) is 0 Å². The number of amides is 1. The summed E-state index contributed by atoms with van der Waals surface area (Å²) in [6.07, 6.45) is 0.446. The van der Waals surface area contributed by atoms with Crippen molar-refractivity contribution in [1.82, 2.24) is 0 Å². The molecule has 0 saturated heterocycles. The molecular formula is C22H20BrNO2. The quantitative estimate of drug-likeness (QED) is 0.513. The third-order valence-electron chi connectivity index (χ3n) is 4.05. The van der Waals surface area contributed by atoms with Gasteiger partial charge in [0.25, 0.3) is 0 Å². The lowest BCUT2D eigenvalue weighted by molar-refractivity contribution is -0.116. The Morgan fingerprint density at radius 2 is 1.50 bits per heavy atom. The summed E-state index contributed by atoms with van der Waals surface area (Å²) in [5.74, 6) is 1.67. The standard InChI is InChI=1S/C22H20BrNO2/c1-16(17-5-3-2-4-6-17)15-22(25)24-19-9-13-21(14-10-19)26-20-11-7-18(23)8-12-20/h2-14,16H,15H2,1H3,(H,24,25)/t16-/m1/s1. The fourth-order valence-electron chi connectivity index (χ4n) is 2.63. The molecule has 1 N–H and O–H groups in total. The molecule has 4 heteroatoms. The van der Waals surface area contributed by atoms with Crippen LogP contribution in [0.1, 0.15) is 24.8 Å². The maximum atomic E-state index is 12.3. The number of hydrogen-bond donors (Lipinski definition) is 1. The summed E-state index contributed by atoms with van der Waals surface area (Å²) in [5, 5.41) is 2.94. The van der Waals surface area contributed by atoms with Crippen LogP contribution in [0.2, 0.25) is 0 Å². The molecule has 0 aliphatic carbocycles. The SMILES string of the molecule is C[C@H](CC(=O)Nc1ccc(Oc2ccc(Br)cc2)cc1)c1ccccc1. The van der Waals surface area contributed by atoms with E-state index in [1.165, 1.54) is 5.56 Å². The predicted octanol–water partition coefficient (Wildman–Crippen LogP) is 6.37. The van der Waals surface area contributed by atoms with E-state index < -0.39 is 0 Å². The molecule has 3 aromatic rings. The smallest absolute Gasteiger partial charge is 0.224 e. The van der Waals surface area contributed by atoms with Crippen molar-refractivity contribution < 1.29 is 9.53 Å². The summed E-state index contributed by atoms with van der Waals surface area (Å²) in [5.41, 5.74) is 1.93. The summed E-state index contributed by atoms with van der Waals surface area (Å²) in [4.78, 5) is 12.3. The average molecular weight is 410 g/mol. The average Bonchev–Trinajstić information content (AvgIpc) is 2.66. The first-order valence-electron chi connectivity index (χ1n) is 8.48. The van der Waals surface area contributed by atoms with Crippen LogP contribution >= 0.6 is 15.9 Å². The molecule has 1 amide bonds. The highest BCUT2D eigenvalue weighted by atomic mass is 79.9. The Labute approximate surface area is 162 Å². The van der Waals surface area contributed by atoms with Crippen molar-refractivity contribution in [2.24, 2.45) is 0 Å². The number of carbonyl (C=O) groups is 1. The van der Waals surface area contributed by atoms with Crippen molar-refractivity contribution in [3.05, 3.63) is 88.9 Å². The normalized spacial score (nSPS) is 11.6. The van der Waals surface area contributed by atoms with Crippen LogP contribution in [-0.2, 0) is 4.79 Å². The zero-order valence-electron chi connectivity index (χ0n) is 14.5. The van der Waals surface area contributed by atoms with Crippen LogP contribution in [-0.4, -0.2) is 5.91 Å². The number of ether oxygens (including phenoxy) is 1. The van der Waals surface area contributed by atoms with Crippen molar-refractivity contribution >= 4 is 27.5 Å². The minimum absolute atomic E-state index is 0.00271. The second kappa shape index (κ2) is 8.68. The Morgan fingerprint density at radius 1 is 0.923 bits per heavy atom. The minimum Gasteiger partial charge on any atom is -0.457 e. The fraction of sp³-hybridized carbons (Fsp3) is 0.136. The van der Waals surface area contributed by atoms with Gasteiger partial charge in [0.1, 0.15) is 11.5 Å². The lowest BCUT2D eigenvalue weighted by Crippen LogP contribution is -2.14. The van der Waals surface area contributed by atoms with E-state index in [9.17, 15) is 4.79 Å². The van der Waals surface area contributed by atoms with Gasteiger partial charge in [0.05, 0.1) is 0 Å². The van der Waals surface area contributed by atoms with Crippen LogP contribution in [0.4, 0.5) is 5.69 Å². The largest absolute Gasteiger partial charge is 0.457 e. The third-order valence-corrected chi connectivity index (χ3v) is 4.58. The first-order chi connectivity index (χ1) is 12.6. The molecule has 0 saturated carbocycles. The second-order valence-corrected chi connectivity index (χ2v) is 7.06. The zero-order chi connectivity index (χ0) is 18.4.